The maximum absolute atomic E-state index is 11.8. The van der Waals surface area contributed by atoms with Crippen LogP contribution in [0.2, 0.25) is 0 Å². The van der Waals surface area contributed by atoms with Crippen molar-refractivity contribution in [2.24, 2.45) is 5.92 Å². The molecule has 0 aromatic heterocycles. The summed E-state index contributed by atoms with van der Waals surface area (Å²) in [5.41, 5.74) is 1.29. The Balaban J connectivity index is 0.00000264. The molecule has 1 aromatic rings. The number of benzene rings is 1. The highest BCUT2D eigenvalue weighted by Crippen LogP contribution is 2.08. The van der Waals surface area contributed by atoms with Crippen molar-refractivity contribution in [3.8, 4) is 0 Å². The van der Waals surface area contributed by atoms with Gasteiger partial charge in [0.15, 0.2) is 0 Å². The van der Waals surface area contributed by atoms with Crippen molar-refractivity contribution < 1.29 is 9.53 Å². The minimum atomic E-state index is 0. The molecule has 130 valence electrons. The summed E-state index contributed by atoms with van der Waals surface area (Å²) in [5, 5.41) is 6.40. The van der Waals surface area contributed by atoms with Gasteiger partial charge in [0.05, 0.1) is 6.61 Å². The van der Waals surface area contributed by atoms with Crippen LogP contribution in [-0.2, 0) is 16.0 Å². The Kier molecular flexibility index (Phi) is 10.7. The first-order valence-corrected chi connectivity index (χ1v) is 8.43. The molecule has 0 spiro atoms. The fraction of sp³-hybridized carbons (Fsp3) is 0.611. The summed E-state index contributed by atoms with van der Waals surface area (Å²) < 4.78 is 5.59. The quantitative estimate of drug-likeness (QED) is 0.679. The standard InChI is InChI=1S/C18H28N2O2.ClH/c21-18(20-15-17-8-4-11-19-14-17)9-5-12-22-13-10-16-6-2-1-3-7-16;/h1-3,6-7,17,19H,4-5,8-15H2,(H,20,21);1H. The molecule has 0 radical (unpaired) electrons. The van der Waals surface area contributed by atoms with Crippen LogP contribution in [0.3, 0.4) is 0 Å². The Hall–Kier alpha value is -1.10. The smallest absolute Gasteiger partial charge is 0.220 e. The van der Waals surface area contributed by atoms with Crippen LogP contribution in [0.25, 0.3) is 0 Å². The average Bonchev–Trinajstić information content (AvgIpc) is 2.58. The summed E-state index contributed by atoms with van der Waals surface area (Å²) in [4.78, 5) is 11.8. The molecule has 1 fully saturated rings. The normalized spacial score (nSPS) is 17.3. The highest BCUT2D eigenvalue weighted by molar-refractivity contribution is 5.85. The third-order valence-corrected chi connectivity index (χ3v) is 4.06. The number of carbonyl (C=O) groups excluding carboxylic acids is 1. The van der Waals surface area contributed by atoms with Gasteiger partial charge in [-0.15, -0.1) is 12.4 Å². The Bertz CT molecular complexity index is 422. The molecular weight excluding hydrogens is 312 g/mol. The summed E-state index contributed by atoms with van der Waals surface area (Å²) in [5.74, 6) is 0.747. The molecule has 4 nitrogen and oxygen atoms in total. The zero-order valence-electron chi connectivity index (χ0n) is 13.8. The molecular formula is C18H29ClN2O2. The van der Waals surface area contributed by atoms with Crippen molar-refractivity contribution in [2.45, 2.75) is 32.1 Å². The average molecular weight is 341 g/mol. The number of hydrogen-bond donors (Lipinski definition) is 2. The third kappa shape index (κ3) is 8.94. The maximum atomic E-state index is 11.8. The Morgan fingerprint density at radius 3 is 2.83 bits per heavy atom. The molecule has 2 N–H and O–H groups in total. The number of halogens is 1. The number of amides is 1. The molecule has 0 bridgehead atoms. The molecule has 23 heavy (non-hydrogen) atoms. The molecule has 1 unspecified atom stereocenters. The minimum Gasteiger partial charge on any atom is -0.381 e. The molecule has 5 heteroatoms. The van der Waals surface area contributed by atoms with Crippen molar-refractivity contribution in [3.05, 3.63) is 35.9 Å². The topological polar surface area (TPSA) is 50.4 Å². The number of rotatable bonds is 9. The van der Waals surface area contributed by atoms with Gasteiger partial charge in [-0.3, -0.25) is 4.79 Å². The molecule has 1 saturated heterocycles. The number of ether oxygens (including phenoxy) is 1. The third-order valence-electron chi connectivity index (χ3n) is 4.06. The van der Waals surface area contributed by atoms with E-state index in [0.717, 1.165) is 39.1 Å². The van der Waals surface area contributed by atoms with Gasteiger partial charge in [0.1, 0.15) is 0 Å². The first-order chi connectivity index (χ1) is 10.8. The van der Waals surface area contributed by atoms with Gasteiger partial charge in [0.25, 0.3) is 0 Å². The lowest BCUT2D eigenvalue weighted by atomic mass is 10.00. The van der Waals surface area contributed by atoms with Crippen molar-refractivity contribution >= 4 is 18.3 Å². The van der Waals surface area contributed by atoms with Crippen molar-refractivity contribution in [1.29, 1.82) is 0 Å². The van der Waals surface area contributed by atoms with Gasteiger partial charge in [0.2, 0.25) is 5.91 Å². The Labute approximate surface area is 145 Å². The van der Waals surface area contributed by atoms with Gasteiger partial charge in [-0.05, 0) is 50.3 Å². The van der Waals surface area contributed by atoms with Crippen molar-refractivity contribution in [2.75, 3.05) is 32.8 Å². The zero-order valence-corrected chi connectivity index (χ0v) is 14.6. The fourth-order valence-electron chi connectivity index (χ4n) is 2.72. The van der Waals surface area contributed by atoms with Crippen LogP contribution in [0.5, 0.6) is 0 Å². The molecule has 1 atom stereocenters. The summed E-state index contributed by atoms with van der Waals surface area (Å²) in [6.45, 7) is 4.33. The van der Waals surface area contributed by atoms with E-state index in [2.05, 4.69) is 22.8 Å². The van der Waals surface area contributed by atoms with E-state index in [1.54, 1.807) is 0 Å². The number of hydrogen-bond acceptors (Lipinski definition) is 3. The van der Waals surface area contributed by atoms with E-state index >= 15 is 0 Å². The van der Waals surface area contributed by atoms with Gasteiger partial charge in [-0.1, -0.05) is 30.3 Å². The van der Waals surface area contributed by atoms with Crippen molar-refractivity contribution in [3.63, 3.8) is 0 Å². The minimum absolute atomic E-state index is 0. The SMILES string of the molecule is Cl.O=C(CCCOCCc1ccccc1)NCC1CCCNC1. The molecule has 1 aliphatic rings. The zero-order chi connectivity index (χ0) is 15.5. The van der Waals surface area contributed by atoms with Gasteiger partial charge in [-0.25, -0.2) is 0 Å². The fourth-order valence-corrected chi connectivity index (χ4v) is 2.72. The lowest BCUT2D eigenvalue weighted by molar-refractivity contribution is -0.121. The Morgan fingerprint density at radius 2 is 2.09 bits per heavy atom. The van der Waals surface area contributed by atoms with Gasteiger partial charge < -0.3 is 15.4 Å². The summed E-state index contributed by atoms with van der Waals surface area (Å²) in [6, 6.07) is 10.3. The first-order valence-electron chi connectivity index (χ1n) is 8.43. The highest BCUT2D eigenvalue weighted by atomic mass is 35.5. The van der Waals surface area contributed by atoms with Gasteiger partial charge >= 0.3 is 0 Å². The van der Waals surface area contributed by atoms with E-state index in [9.17, 15) is 4.79 Å². The lowest BCUT2D eigenvalue weighted by Gasteiger charge is -2.22. The second-order valence-corrected chi connectivity index (χ2v) is 5.97. The molecule has 1 aliphatic heterocycles. The predicted octanol–water partition coefficient (Wildman–Crippen LogP) is 2.56. The van der Waals surface area contributed by atoms with Gasteiger partial charge in [0, 0.05) is 19.6 Å². The largest absolute Gasteiger partial charge is 0.381 e. The van der Waals surface area contributed by atoms with Crippen LogP contribution in [0.4, 0.5) is 0 Å². The summed E-state index contributed by atoms with van der Waals surface area (Å²) in [6.07, 6.45) is 4.72. The molecule has 2 rings (SSSR count). The van der Waals surface area contributed by atoms with E-state index in [-0.39, 0.29) is 18.3 Å². The van der Waals surface area contributed by atoms with Crippen molar-refractivity contribution in [1.82, 2.24) is 10.6 Å². The molecule has 0 saturated carbocycles. The van der Waals surface area contributed by atoms with Gasteiger partial charge in [-0.2, -0.15) is 0 Å². The van der Waals surface area contributed by atoms with E-state index in [1.165, 1.54) is 18.4 Å². The maximum Gasteiger partial charge on any atom is 0.220 e. The predicted molar refractivity (Wildman–Crippen MR) is 96.1 cm³/mol. The molecule has 0 aliphatic carbocycles. The number of carbonyl (C=O) groups is 1. The lowest BCUT2D eigenvalue weighted by Crippen LogP contribution is -2.38. The molecule has 1 heterocycles. The number of nitrogens with one attached hydrogen (secondary N) is 2. The van der Waals surface area contributed by atoms with E-state index in [1.807, 2.05) is 18.2 Å². The number of piperidine rings is 1. The van der Waals surface area contributed by atoms with Crippen LogP contribution in [0.15, 0.2) is 30.3 Å². The highest BCUT2D eigenvalue weighted by Gasteiger charge is 2.13. The van der Waals surface area contributed by atoms with Crippen LogP contribution >= 0.6 is 12.4 Å². The Morgan fingerprint density at radius 1 is 1.26 bits per heavy atom. The van der Waals surface area contributed by atoms with Crippen LogP contribution < -0.4 is 10.6 Å². The summed E-state index contributed by atoms with van der Waals surface area (Å²) in [7, 11) is 0. The van der Waals surface area contributed by atoms with E-state index < -0.39 is 0 Å². The molecule has 1 aromatic carbocycles. The first kappa shape index (κ1) is 19.9. The van der Waals surface area contributed by atoms with E-state index in [0.29, 0.717) is 18.9 Å². The van der Waals surface area contributed by atoms with Crippen LogP contribution in [0.1, 0.15) is 31.2 Å². The second-order valence-electron chi connectivity index (χ2n) is 5.97. The molecule has 1 amide bonds. The van der Waals surface area contributed by atoms with E-state index in [4.69, 9.17) is 4.74 Å². The monoisotopic (exact) mass is 340 g/mol. The summed E-state index contributed by atoms with van der Waals surface area (Å²) >= 11 is 0. The second kappa shape index (κ2) is 12.3. The van der Waals surface area contributed by atoms with Crippen LogP contribution in [-0.4, -0.2) is 38.8 Å². The van der Waals surface area contributed by atoms with Crippen LogP contribution in [0, 0.1) is 5.92 Å².